The average Bonchev–Trinajstić information content (AvgIpc) is 2.72. The molecule has 2 saturated heterocycles. The smallest absolute Gasteiger partial charge is 0.224 e. The third kappa shape index (κ3) is 2.74. The molecule has 2 heterocycles. The van der Waals surface area contributed by atoms with Crippen LogP contribution in [0.1, 0.15) is 26.2 Å². The van der Waals surface area contributed by atoms with E-state index in [2.05, 4.69) is 17.1 Å². The summed E-state index contributed by atoms with van der Waals surface area (Å²) < 4.78 is 0. The molecule has 0 saturated carbocycles. The largest absolute Gasteiger partial charge is 0.337 e. The summed E-state index contributed by atoms with van der Waals surface area (Å²) in [6.45, 7) is 8.20. The standard InChI is InChI=1S/C12H23N3O/c1-2-15(11-9-13-10-11)12(16)5-8-14-6-3-4-7-14/h11,13H,2-10H2,1H3. The van der Waals surface area contributed by atoms with Crippen LogP contribution in [0.4, 0.5) is 0 Å². The van der Waals surface area contributed by atoms with E-state index in [1.165, 1.54) is 25.9 Å². The molecule has 2 fully saturated rings. The van der Waals surface area contributed by atoms with Crippen LogP contribution in [0.2, 0.25) is 0 Å². The number of carbonyl (C=O) groups excluding carboxylic acids is 1. The van der Waals surface area contributed by atoms with Crippen molar-refractivity contribution in [2.75, 3.05) is 39.3 Å². The topological polar surface area (TPSA) is 35.6 Å². The number of rotatable bonds is 5. The van der Waals surface area contributed by atoms with E-state index in [4.69, 9.17) is 0 Å². The lowest BCUT2D eigenvalue weighted by molar-refractivity contribution is -0.134. The summed E-state index contributed by atoms with van der Waals surface area (Å²) >= 11 is 0. The number of likely N-dealkylation sites (N-methyl/N-ethyl adjacent to an activating group) is 1. The lowest BCUT2D eigenvalue weighted by Crippen LogP contribution is -2.59. The minimum Gasteiger partial charge on any atom is -0.337 e. The Morgan fingerprint density at radius 1 is 1.38 bits per heavy atom. The van der Waals surface area contributed by atoms with Crippen LogP contribution in [0.3, 0.4) is 0 Å². The van der Waals surface area contributed by atoms with E-state index in [1.807, 2.05) is 4.90 Å². The summed E-state index contributed by atoms with van der Waals surface area (Å²) in [5.74, 6) is 0.334. The van der Waals surface area contributed by atoms with Crippen LogP contribution in [0, 0.1) is 0 Å². The van der Waals surface area contributed by atoms with Crippen molar-refractivity contribution in [1.29, 1.82) is 0 Å². The zero-order chi connectivity index (χ0) is 11.4. The zero-order valence-electron chi connectivity index (χ0n) is 10.2. The maximum absolute atomic E-state index is 12.0. The molecule has 0 unspecified atom stereocenters. The molecule has 0 aromatic heterocycles. The van der Waals surface area contributed by atoms with E-state index in [0.29, 0.717) is 18.4 Å². The van der Waals surface area contributed by atoms with Gasteiger partial charge in [0.25, 0.3) is 0 Å². The average molecular weight is 225 g/mol. The van der Waals surface area contributed by atoms with Crippen molar-refractivity contribution >= 4 is 5.91 Å². The van der Waals surface area contributed by atoms with Crippen molar-refractivity contribution in [3.05, 3.63) is 0 Å². The second-order valence-electron chi connectivity index (χ2n) is 4.79. The molecule has 0 atom stereocenters. The van der Waals surface area contributed by atoms with E-state index in [-0.39, 0.29) is 0 Å². The molecule has 0 spiro atoms. The molecule has 4 nitrogen and oxygen atoms in total. The Bertz CT molecular complexity index is 234. The summed E-state index contributed by atoms with van der Waals surface area (Å²) in [5, 5.41) is 3.22. The molecule has 2 aliphatic rings. The first-order valence-corrected chi connectivity index (χ1v) is 6.54. The molecule has 2 aliphatic heterocycles. The van der Waals surface area contributed by atoms with Crippen LogP contribution in [-0.2, 0) is 4.79 Å². The van der Waals surface area contributed by atoms with Crippen LogP contribution in [0.5, 0.6) is 0 Å². The van der Waals surface area contributed by atoms with Crippen molar-refractivity contribution < 1.29 is 4.79 Å². The first-order valence-electron chi connectivity index (χ1n) is 6.54. The quantitative estimate of drug-likeness (QED) is 0.730. The summed E-state index contributed by atoms with van der Waals surface area (Å²) in [5.41, 5.74) is 0. The molecule has 2 rings (SSSR count). The van der Waals surface area contributed by atoms with Crippen molar-refractivity contribution in [3.8, 4) is 0 Å². The number of likely N-dealkylation sites (tertiary alicyclic amines) is 1. The van der Waals surface area contributed by atoms with Gasteiger partial charge in [-0.05, 0) is 32.9 Å². The first kappa shape index (κ1) is 11.9. The Kier molecular flexibility index (Phi) is 4.18. The number of hydrogen-bond donors (Lipinski definition) is 1. The molecule has 0 aromatic rings. The van der Waals surface area contributed by atoms with Crippen molar-refractivity contribution in [1.82, 2.24) is 15.1 Å². The van der Waals surface area contributed by atoms with E-state index >= 15 is 0 Å². The Morgan fingerprint density at radius 3 is 2.56 bits per heavy atom. The van der Waals surface area contributed by atoms with Gasteiger partial charge in [0.1, 0.15) is 0 Å². The number of nitrogens with zero attached hydrogens (tertiary/aromatic N) is 2. The minimum absolute atomic E-state index is 0.334. The van der Waals surface area contributed by atoms with Gasteiger partial charge >= 0.3 is 0 Å². The predicted octanol–water partition coefficient (Wildman–Crippen LogP) is 0.293. The van der Waals surface area contributed by atoms with Crippen LogP contribution >= 0.6 is 0 Å². The molecule has 1 amide bonds. The molecule has 4 heteroatoms. The highest BCUT2D eigenvalue weighted by molar-refractivity contribution is 5.76. The predicted molar refractivity (Wildman–Crippen MR) is 64.3 cm³/mol. The third-order valence-corrected chi connectivity index (χ3v) is 3.70. The summed E-state index contributed by atoms with van der Waals surface area (Å²) in [6, 6.07) is 0.455. The minimum atomic E-state index is 0.334. The fraction of sp³-hybridized carbons (Fsp3) is 0.917. The SMILES string of the molecule is CCN(C(=O)CCN1CCCC1)C1CNC1. The van der Waals surface area contributed by atoms with Gasteiger partial charge in [-0.1, -0.05) is 0 Å². The number of nitrogens with one attached hydrogen (secondary N) is 1. The summed E-state index contributed by atoms with van der Waals surface area (Å²) in [6.07, 6.45) is 3.31. The fourth-order valence-corrected chi connectivity index (χ4v) is 2.54. The lowest BCUT2D eigenvalue weighted by Gasteiger charge is -2.38. The van der Waals surface area contributed by atoms with E-state index in [1.54, 1.807) is 0 Å². The molecule has 16 heavy (non-hydrogen) atoms. The Hall–Kier alpha value is -0.610. The van der Waals surface area contributed by atoms with Gasteiger partial charge in [0.2, 0.25) is 5.91 Å². The lowest BCUT2D eigenvalue weighted by atomic mass is 10.1. The normalized spacial score (nSPS) is 22.1. The maximum atomic E-state index is 12.0. The van der Waals surface area contributed by atoms with Crippen LogP contribution in [0.15, 0.2) is 0 Å². The molecule has 0 bridgehead atoms. The number of amides is 1. The second kappa shape index (κ2) is 5.64. The highest BCUT2D eigenvalue weighted by Crippen LogP contribution is 2.10. The molecular formula is C12H23N3O. The Balaban J connectivity index is 1.72. The van der Waals surface area contributed by atoms with E-state index < -0.39 is 0 Å². The van der Waals surface area contributed by atoms with Gasteiger partial charge in [0, 0.05) is 32.6 Å². The fourth-order valence-electron chi connectivity index (χ4n) is 2.54. The molecule has 0 aliphatic carbocycles. The Morgan fingerprint density at radius 2 is 2.06 bits per heavy atom. The van der Waals surface area contributed by atoms with Crippen LogP contribution < -0.4 is 5.32 Å². The van der Waals surface area contributed by atoms with Crippen molar-refractivity contribution in [2.24, 2.45) is 0 Å². The zero-order valence-corrected chi connectivity index (χ0v) is 10.2. The van der Waals surface area contributed by atoms with Gasteiger partial charge in [-0.3, -0.25) is 4.79 Å². The molecule has 92 valence electrons. The Labute approximate surface area is 98.0 Å². The van der Waals surface area contributed by atoms with Crippen molar-refractivity contribution in [3.63, 3.8) is 0 Å². The van der Waals surface area contributed by atoms with Gasteiger partial charge in [-0.15, -0.1) is 0 Å². The highest BCUT2D eigenvalue weighted by Gasteiger charge is 2.27. The highest BCUT2D eigenvalue weighted by atomic mass is 16.2. The maximum Gasteiger partial charge on any atom is 0.224 e. The van der Waals surface area contributed by atoms with Gasteiger partial charge in [-0.25, -0.2) is 0 Å². The number of carbonyl (C=O) groups is 1. The van der Waals surface area contributed by atoms with Crippen LogP contribution in [0.25, 0.3) is 0 Å². The van der Waals surface area contributed by atoms with E-state index in [0.717, 1.165) is 26.2 Å². The van der Waals surface area contributed by atoms with Crippen molar-refractivity contribution in [2.45, 2.75) is 32.2 Å². The number of hydrogen-bond acceptors (Lipinski definition) is 3. The summed E-state index contributed by atoms with van der Waals surface area (Å²) in [4.78, 5) is 16.5. The van der Waals surface area contributed by atoms with Gasteiger partial charge in [0.15, 0.2) is 0 Å². The first-order chi connectivity index (χ1) is 7.81. The monoisotopic (exact) mass is 225 g/mol. The summed E-state index contributed by atoms with van der Waals surface area (Å²) in [7, 11) is 0. The van der Waals surface area contributed by atoms with Gasteiger partial charge < -0.3 is 15.1 Å². The molecular weight excluding hydrogens is 202 g/mol. The molecule has 0 radical (unpaired) electrons. The van der Waals surface area contributed by atoms with Crippen LogP contribution in [-0.4, -0.2) is 61.0 Å². The van der Waals surface area contributed by atoms with Gasteiger partial charge in [-0.2, -0.15) is 0 Å². The third-order valence-electron chi connectivity index (χ3n) is 3.70. The second-order valence-corrected chi connectivity index (χ2v) is 4.79. The van der Waals surface area contributed by atoms with Gasteiger partial charge in [0.05, 0.1) is 6.04 Å². The molecule has 0 aromatic carbocycles. The molecule has 1 N–H and O–H groups in total. The van der Waals surface area contributed by atoms with E-state index in [9.17, 15) is 4.79 Å².